The minimum absolute atomic E-state index is 0.216. The number of benzene rings is 1. The first-order valence-electron chi connectivity index (χ1n) is 5.65. The van der Waals surface area contributed by atoms with E-state index in [9.17, 15) is 8.42 Å². The molecule has 0 amide bonds. The number of hydrogen-bond acceptors (Lipinski definition) is 3. The number of aryl methyl sites for hydroxylation is 1. The predicted molar refractivity (Wildman–Crippen MR) is 69.9 cm³/mol. The Hall–Kier alpha value is -1.82. The van der Waals surface area contributed by atoms with Crippen molar-refractivity contribution >= 4 is 15.7 Å². The molecule has 1 N–H and O–H groups in total. The molecule has 1 aromatic carbocycles. The van der Waals surface area contributed by atoms with E-state index in [1.165, 1.54) is 6.20 Å². The van der Waals surface area contributed by atoms with Crippen LogP contribution in [0.3, 0.4) is 0 Å². The second-order valence-corrected chi connectivity index (χ2v) is 5.53. The normalized spacial score (nSPS) is 11.4. The second-order valence-electron chi connectivity index (χ2n) is 3.88. The van der Waals surface area contributed by atoms with E-state index in [1.54, 1.807) is 35.9 Å². The van der Waals surface area contributed by atoms with Crippen molar-refractivity contribution < 1.29 is 8.42 Å². The van der Waals surface area contributed by atoms with Crippen molar-refractivity contribution in [3.8, 4) is 0 Å². The Morgan fingerprint density at radius 3 is 2.50 bits per heavy atom. The number of hydrogen-bond donors (Lipinski definition) is 1. The maximum atomic E-state index is 12.2. The molecule has 0 aliphatic rings. The molecule has 2 aromatic rings. The molecule has 0 unspecified atom stereocenters. The summed E-state index contributed by atoms with van der Waals surface area (Å²) in [5.41, 5.74) is 1.18. The van der Waals surface area contributed by atoms with Gasteiger partial charge in [0.1, 0.15) is 4.90 Å². The fraction of sp³-hybridized carbons (Fsp3) is 0.250. The highest BCUT2D eigenvalue weighted by molar-refractivity contribution is 7.92. The van der Waals surface area contributed by atoms with Crippen LogP contribution in [-0.2, 0) is 16.6 Å². The van der Waals surface area contributed by atoms with Gasteiger partial charge in [-0.1, -0.05) is 18.2 Å². The van der Waals surface area contributed by atoms with E-state index < -0.39 is 10.0 Å². The highest BCUT2D eigenvalue weighted by Crippen LogP contribution is 2.18. The van der Waals surface area contributed by atoms with E-state index in [4.69, 9.17) is 0 Å². The molecule has 96 valence electrons. The van der Waals surface area contributed by atoms with E-state index in [-0.39, 0.29) is 4.90 Å². The quantitative estimate of drug-likeness (QED) is 0.919. The van der Waals surface area contributed by atoms with Crippen LogP contribution >= 0.6 is 0 Å². The van der Waals surface area contributed by atoms with Crippen molar-refractivity contribution in [1.29, 1.82) is 0 Å². The number of aromatic nitrogens is 2. The standard InChI is InChI=1S/C12H15N3O2S/c1-3-15-10(2)12(9-13-15)18(16,17)14-11-7-5-4-6-8-11/h4-9,14H,3H2,1-2H3. The molecule has 0 aliphatic carbocycles. The van der Waals surface area contributed by atoms with Crippen molar-refractivity contribution in [3.63, 3.8) is 0 Å². The highest BCUT2D eigenvalue weighted by atomic mass is 32.2. The maximum Gasteiger partial charge on any atom is 0.265 e. The van der Waals surface area contributed by atoms with Gasteiger partial charge in [-0.2, -0.15) is 5.10 Å². The van der Waals surface area contributed by atoms with E-state index >= 15 is 0 Å². The molecule has 0 radical (unpaired) electrons. The first-order valence-corrected chi connectivity index (χ1v) is 7.13. The van der Waals surface area contributed by atoms with Gasteiger partial charge in [-0.3, -0.25) is 9.40 Å². The van der Waals surface area contributed by atoms with E-state index in [0.29, 0.717) is 17.9 Å². The molecule has 6 heteroatoms. The van der Waals surface area contributed by atoms with Crippen LogP contribution in [0.1, 0.15) is 12.6 Å². The number of anilines is 1. The number of para-hydroxylation sites is 1. The number of nitrogens with one attached hydrogen (secondary N) is 1. The average Bonchev–Trinajstić information content (AvgIpc) is 2.72. The van der Waals surface area contributed by atoms with Crippen LogP contribution < -0.4 is 4.72 Å². The van der Waals surface area contributed by atoms with Crippen LogP contribution in [0.4, 0.5) is 5.69 Å². The summed E-state index contributed by atoms with van der Waals surface area (Å²) in [6, 6.07) is 8.80. The van der Waals surface area contributed by atoms with Gasteiger partial charge in [0.25, 0.3) is 10.0 Å². The van der Waals surface area contributed by atoms with E-state index in [2.05, 4.69) is 9.82 Å². The number of sulfonamides is 1. The molecule has 0 saturated heterocycles. The monoisotopic (exact) mass is 265 g/mol. The van der Waals surface area contributed by atoms with Crippen molar-refractivity contribution in [3.05, 3.63) is 42.2 Å². The molecule has 1 aromatic heterocycles. The van der Waals surface area contributed by atoms with Crippen molar-refractivity contribution in [2.75, 3.05) is 4.72 Å². The van der Waals surface area contributed by atoms with Crippen molar-refractivity contribution in [1.82, 2.24) is 9.78 Å². The Morgan fingerprint density at radius 2 is 1.94 bits per heavy atom. The van der Waals surface area contributed by atoms with Gasteiger partial charge in [0.15, 0.2) is 0 Å². The predicted octanol–water partition coefficient (Wildman–Crippen LogP) is 2.01. The zero-order chi connectivity index (χ0) is 13.2. The lowest BCUT2D eigenvalue weighted by atomic mass is 10.3. The van der Waals surface area contributed by atoms with Gasteiger partial charge < -0.3 is 0 Å². The van der Waals surface area contributed by atoms with E-state index in [1.807, 2.05) is 13.0 Å². The Bertz CT molecular complexity index is 633. The van der Waals surface area contributed by atoms with Gasteiger partial charge in [-0.05, 0) is 26.0 Å². The summed E-state index contributed by atoms with van der Waals surface area (Å²) >= 11 is 0. The summed E-state index contributed by atoms with van der Waals surface area (Å²) in [6.07, 6.45) is 1.38. The molecular formula is C12H15N3O2S. The number of rotatable bonds is 4. The van der Waals surface area contributed by atoms with Crippen LogP contribution in [0.5, 0.6) is 0 Å². The van der Waals surface area contributed by atoms with Gasteiger partial charge in [-0.15, -0.1) is 0 Å². The molecule has 1 heterocycles. The summed E-state index contributed by atoms with van der Waals surface area (Å²) < 4.78 is 28.6. The summed E-state index contributed by atoms with van der Waals surface area (Å²) in [7, 11) is -3.57. The summed E-state index contributed by atoms with van der Waals surface area (Å²) in [4.78, 5) is 0.216. The van der Waals surface area contributed by atoms with Gasteiger partial charge in [0.2, 0.25) is 0 Å². The molecule has 0 saturated carbocycles. The van der Waals surface area contributed by atoms with Crippen LogP contribution in [-0.4, -0.2) is 18.2 Å². The van der Waals surface area contributed by atoms with Crippen LogP contribution in [0.25, 0.3) is 0 Å². The molecule has 0 spiro atoms. The van der Waals surface area contributed by atoms with Gasteiger partial charge >= 0.3 is 0 Å². The lowest BCUT2D eigenvalue weighted by Crippen LogP contribution is -2.14. The van der Waals surface area contributed by atoms with Crippen molar-refractivity contribution in [2.45, 2.75) is 25.3 Å². The minimum atomic E-state index is -3.57. The molecule has 0 fully saturated rings. The Labute approximate surface area is 107 Å². The Kier molecular flexibility index (Phi) is 3.38. The fourth-order valence-electron chi connectivity index (χ4n) is 1.73. The van der Waals surface area contributed by atoms with Crippen LogP contribution in [0.15, 0.2) is 41.4 Å². The molecular weight excluding hydrogens is 250 g/mol. The molecule has 2 rings (SSSR count). The fourth-order valence-corrected chi connectivity index (χ4v) is 2.96. The first kappa shape index (κ1) is 12.6. The largest absolute Gasteiger partial charge is 0.280 e. The Balaban J connectivity index is 2.34. The second kappa shape index (κ2) is 4.81. The lowest BCUT2D eigenvalue weighted by molar-refractivity contribution is 0.598. The molecule has 0 aliphatic heterocycles. The Morgan fingerprint density at radius 1 is 1.28 bits per heavy atom. The summed E-state index contributed by atoms with van der Waals surface area (Å²) in [6.45, 7) is 4.31. The summed E-state index contributed by atoms with van der Waals surface area (Å²) in [5.74, 6) is 0. The third-order valence-corrected chi connectivity index (χ3v) is 4.16. The van der Waals surface area contributed by atoms with E-state index in [0.717, 1.165) is 0 Å². The third-order valence-electron chi connectivity index (χ3n) is 2.67. The zero-order valence-electron chi connectivity index (χ0n) is 10.3. The smallest absolute Gasteiger partial charge is 0.265 e. The third kappa shape index (κ3) is 2.38. The van der Waals surface area contributed by atoms with Gasteiger partial charge in [-0.25, -0.2) is 8.42 Å². The average molecular weight is 265 g/mol. The maximum absolute atomic E-state index is 12.2. The van der Waals surface area contributed by atoms with Gasteiger partial charge in [0, 0.05) is 12.2 Å². The molecule has 0 bridgehead atoms. The SMILES string of the molecule is CCn1ncc(S(=O)(=O)Nc2ccccc2)c1C. The molecule has 0 atom stereocenters. The van der Waals surface area contributed by atoms with Crippen molar-refractivity contribution in [2.24, 2.45) is 0 Å². The summed E-state index contributed by atoms with van der Waals surface area (Å²) in [5, 5.41) is 4.04. The first-order chi connectivity index (χ1) is 8.54. The molecule has 18 heavy (non-hydrogen) atoms. The van der Waals surface area contributed by atoms with Crippen LogP contribution in [0, 0.1) is 6.92 Å². The highest BCUT2D eigenvalue weighted by Gasteiger charge is 2.20. The lowest BCUT2D eigenvalue weighted by Gasteiger charge is -2.07. The topological polar surface area (TPSA) is 64.0 Å². The number of nitrogens with zero attached hydrogens (tertiary/aromatic N) is 2. The molecule has 5 nitrogen and oxygen atoms in total. The zero-order valence-corrected chi connectivity index (χ0v) is 11.1. The van der Waals surface area contributed by atoms with Crippen LogP contribution in [0.2, 0.25) is 0 Å². The minimum Gasteiger partial charge on any atom is -0.280 e. The van der Waals surface area contributed by atoms with Gasteiger partial charge in [0.05, 0.1) is 11.9 Å².